The molecule has 6 nitrogen and oxygen atoms in total. The first-order chi connectivity index (χ1) is 12.0. The van der Waals surface area contributed by atoms with E-state index in [0.717, 1.165) is 12.0 Å². The highest BCUT2D eigenvalue weighted by Gasteiger charge is 2.20. The van der Waals surface area contributed by atoms with Crippen LogP contribution in [0.15, 0.2) is 17.0 Å². The first-order valence-electron chi connectivity index (χ1n) is 9.02. The fourth-order valence-corrected chi connectivity index (χ4v) is 4.43. The molecule has 0 aliphatic heterocycles. The fraction of sp³-hybridized carbons (Fsp3) is 0.632. The summed E-state index contributed by atoms with van der Waals surface area (Å²) in [5.74, 6) is 0.271. The van der Waals surface area contributed by atoms with Crippen molar-refractivity contribution in [3.05, 3.63) is 28.8 Å². The number of hydrogen-bond donors (Lipinski definition) is 2. The average molecular weight is 384 g/mol. The molecule has 0 bridgehead atoms. The number of benzene rings is 1. The molecule has 148 valence electrons. The number of nitrogens with zero attached hydrogens (tertiary/aromatic N) is 1. The monoisotopic (exact) mass is 383 g/mol. The first-order valence-corrected chi connectivity index (χ1v) is 10.5. The van der Waals surface area contributed by atoms with Crippen LogP contribution in [-0.4, -0.2) is 45.4 Å². The zero-order chi connectivity index (χ0) is 20.1. The molecule has 0 aromatic heterocycles. The Kier molecular flexibility index (Phi) is 8.24. The van der Waals surface area contributed by atoms with Crippen molar-refractivity contribution < 1.29 is 13.2 Å². The van der Waals surface area contributed by atoms with Crippen molar-refractivity contribution in [2.75, 3.05) is 20.1 Å². The van der Waals surface area contributed by atoms with Crippen molar-refractivity contribution >= 4 is 15.9 Å². The number of hydrogen-bond acceptors (Lipinski definition) is 4. The van der Waals surface area contributed by atoms with Crippen LogP contribution in [0.1, 0.15) is 43.4 Å². The van der Waals surface area contributed by atoms with E-state index in [-0.39, 0.29) is 24.9 Å². The van der Waals surface area contributed by atoms with Crippen LogP contribution in [-0.2, 0) is 14.8 Å². The molecular weight excluding hydrogens is 350 g/mol. The Morgan fingerprint density at radius 2 is 1.73 bits per heavy atom. The molecule has 1 rings (SSSR count). The van der Waals surface area contributed by atoms with Gasteiger partial charge in [0.25, 0.3) is 0 Å². The van der Waals surface area contributed by atoms with Gasteiger partial charge in [0, 0.05) is 32.6 Å². The summed E-state index contributed by atoms with van der Waals surface area (Å²) >= 11 is 0. The summed E-state index contributed by atoms with van der Waals surface area (Å²) < 4.78 is 27.7. The van der Waals surface area contributed by atoms with E-state index in [1.54, 1.807) is 25.8 Å². The van der Waals surface area contributed by atoms with Crippen molar-refractivity contribution in [2.24, 2.45) is 11.7 Å². The van der Waals surface area contributed by atoms with Gasteiger partial charge < -0.3 is 10.6 Å². The molecule has 1 amide bonds. The third kappa shape index (κ3) is 6.37. The summed E-state index contributed by atoms with van der Waals surface area (Å²) in [5, 5.41) is 0. The molecule has 1 aromatic rings. The molecule has 7 heteroatoms. The number of nitrogens with two attached hydrogens (primary N) is 1. The van der Waals surface area contributed by atoms with Crippen LogP contribution < -0.4 is 10.5 Å². The van der Waals surface area contributed by atoms with Gasteiger partial charge in [-0.25, -0.2) is 13.1 Å². The maximum atomic E-state index is 12.6. The van der Waals surface area contributed by atoms with Gasteiger partial charge in [0.2, 0.25) is 15.9 Å². The van der Waals surface area contributed by atoms with E-state index in [1.165, 1.54) is 0 Å². The second kappa shape index (κ2) is 9.48. The molecule has 3 N–H and O–H groups in total. The van der Waals surface area contributed by atoms with Crippen LogP contribution in [0.5, 0.6) is 0 Å². The lowest BCUT2D eigenvalue weighted by Gasteiger charge is -2.21. The lowest BCUT2D eigenvalue weighted by molar-refractivity contribution is -0.129. The minimum Gasteiger partial charge on any atom is -0.346 e. The summed E-state index contributed by atoms with van der Waals surface area (Å²) in [6.07, 6.45) is 0.851. The maximum absolute atomic E-state index is 12.6. The molecule has 1 atom stereocenters. The maximum Gasteiger partial charge on any atom is 0.241 e. The summed E-state index contributed by atoms with van der Waals surface area (Å²) in [5.41, 5.74) is 8.44. The van der Waals surface area contributed by atoms with Gasteiger partial charge in [-0.2, -0.15) is 0 Å². The Balaban J connectivity index is 2.60. The summed E-state index contributed by atoms with van der Waals surface area (Å²) in [6, 6.07) is 3.74. The van der Waals surface area contributed by atoms with Gasteiger partial charge in [0.1, 0.15) is 0 Å². The number of sulfonamides is 1. The first kappa shape index (κ1) is 22.6. The number of nitrogens with one attached hydrogen (secondary N) is 1. The number of carbonyl (C=O) groups is 1. The predicted octanol–water partition coefficient (Wildman–Crippen LogP) is 2.11. The highest BCUT2D eigenvalue weighted by Crippen LogP contribution is 2.21. The molecule has 0 fully saturated rings. The summed E-state index contributed by atoms with van der Waals surface area (Å²) in [6.45, 7) is 10.3. The second-order valence-electron chi connectivity index (χ2n) is 7.39. The lowest BCUT2D eigenvalue weighted by atomic mass is 10.0. The number of rotatable bonds is 9. The zero-order valence-electron chi connectivity index (χ0n) is 16.8. The molecular formula is C19H33N3O3S. The molecule has 0 aliphatic rings. The van der Waals surface area contributed by atoms with E-state index in [9.17, 15) is 13.2 Å². The SMILES string of the molecule is Cc1cc(C)c(S(=O)(=O)NCCC(=O)N(C)CCC(N)C(C)C)c(C)c1. The highest BCUT2D eigenvalue weighted by atomic mass is 32.2. The smallest absolute Gasteiger partial charge is 0.241 e. The Bertz CT molecular complexity index is 707. The Morgan fingerprint density at radius 1 is 1.19 bits per heavy atom. The topological polar surface area (TPSA) is 92.5 Å². The van der Waals surface area contributed by atoms with Crippen LogP contribution in [0.3, 0.4) is 0 Å². The van der Waals surface area contributed by atoms with Crippen molar-refractivity contribution in [3.63, 3.8) is 0 Å². The van der Waals surface area contributed by atoms with Crippen molar-refractivity contribution in [1.29, 1.82) is 0 Å². The Morgan fingerprint density at radius 3 is 2.23 bits per heavy atom. The third-order valence-electron chi connectivity index (χ3n) is 4.58. The van der Waals surface area contributed by atoms with E-state index < -0.39 is 10.0 Å². The standard InChI is InChI=1S/C19H33N3O3S/c1-13(2)17(20)8-10-22(6)18(23)7-9-21-26(24,25)19-15(4)11-14(3)12-16(19)5/h11-13,17,21H,7-10,20H2,1-6H3. The molecule has 0 aliphatic carbocycles. The van der Waals surface area contributed by atoms with E-state index in [1.807, 2.05) is 19.1 Å². The zero-order valence-corrected chi connectivity index (χ0v) is 17.6. The van der Waals surface area contributed by atoms with Crippen LogP contribution in [0.25, 0.3) is 0 Å². The number of aryl methyl sites for hydroxylation is 3. The molecule has 0 saturated heterocycles. The summed E-state index contributed by atoms with van der Waals surface area (Å²) in [4.78, 5) is 14.1. The Hall–Kier alpha value is -1.44. The van der Waals surface area contributed by atoms with Gasteiger partial charge in [-0.1, -0.05) is 31.5 Å². The second-order valence-corrected chi connectivity index (χ2v) is 9.09. The Labute approximate surface area is 158 Å². The third-order valence-corrected chi connectivity index (χ3v) is 6.35. The minimum absolute atomic E-state index is 0.0521. The molecule has 0 saturated carbocycles. The van der Waals surface area contributed by atoms with Gasteiger partial charge in [-0.05, 0) is 44.2 Å². The van der Waals surface area contributed by atoms with E-state index in [0.29, 0.717) is 28.5 Å². The van der Waals surface area contributed by atoms with Gasteiger partial charge in [-0.3, -0.25) is 4.79 Å². The number of carbonyl (C=O) groups excluding carboxylic acids is 1. The molecule has 1 aromatic carbocycles. The van der Waals surface area contributed by atoms with Crippen molar-refractivity contribution in [2.45, 2.75) is 58.4 Å². The van der Waals surface area contributed by atoms with E-state index >= 15 is 0 Å². The lowest BCUT2D eigenvalue weighted by Crippen LogP contribution is -2.36. The van der Waals surface area contributed by atoms with E-state index in [2.05, 4.69) is 18.6 Å². The van der Waals surface area contributed by atoms with Gasteiger partial charge >= 0.3 is 0 Å². The molecule has 26 heavy (non-hydrogen) atoms. The van der Waals surface area contributed by atoms with E-state index in [4.69, 9.17) is 5.73 Å². The summed E-state index contributed by atoms with van der Waals surface area (Å²) in [7, 11) is -1.92. The predicted molar refractivity (Wildman–Crippen MR) is 106 cm³/mol. The quantitative estimate of drug-likeness (QED) is 0.683. The molecule has 1 unspecified atom stereocenters. The normalized spacial score (nSPS) is 13.1. The van der Waals surface area contributed by atoms with Crippen molar-refractivity contribution in [3.8, 4) is 0 Å². The van der Waals surface area contributed by atoms with Crippen LogP contribution in [0, 0.1) is 26.7 Å². The van der Waals surface area contributed by atoms with Crippen molar-refractivity contribution in [1.82, 2.24) is 9.62 Å². The van der Waals surface area contributed by atoms with Gasteiger partial charge in [0.15, 0.2) is 0 Å². The highest BCUT2D eigenvalue weighted by molar-refractivity contribution is 7.89. The van der Waals surface area contributed by atoms with Crippen LogP contribution in [0.2, 0.25) is 0 Å². The molecule has 0 radical (unpaired) electrons. The van der Waals surface area contributed by atoms with Crippen LogP contribution in [0.4, 0.5) is 0 Å². The molecule has 0 heterocycles. The number of amides is 1. The minimum atomic E-state index is -3.64. The van der Waals surface area contributed by atoms with Gasteiger partial charge in [-0.15, -0.1) is 0 Å². The molecule has 0 spiro atoms. The average Bonchev–Trinajstić information content (AvgIpc) is 2.50. The fourth-order valence-electron chi connectivity index (χ4n) is 2.95. The van der Waals surface area contributed by atoms with Gasteiger partial charge in [0.05, 0.1) is 4.90 Å². The largest absolute Gasteiger partial charge is 0.346 e. The van der Waals surface area contributed by atoms with Crippen LogP contribution >= 0.6 is 0 Å².